The summed E-state index contributed by atoms with van der Waals surface area (Å²) in [7, 11) is 0. The largest absolute Gasteiger partial charge is 0.293 e. The maximum absolute atomic E-state index is 12.4. The molecule has 0 atom stereocenters. The molecule has 2 aromatic heterocycles. The molecule has 0 bridgehead atoms. The Morgan fingerprint density at radius 2 is 2.09 bits per heavy atom. The molecule has 0 N–H and O–H groups in total. The van der Waals surface area contributed by atoms with E-state index in [1.807, 2.05) is 17.5 Å². The molecule has 1 aliphatic rings. The van der Waals surface area contributed by atoms with Crippen LogP contribution in [-0.4, -0.2) is 21.5 Å². The molecule has 0 radical (unpaired) electrons. The maximum atomic E-state index is 12.4. The zero-order valence-electron chi connectivity index (χ0n) is 11.9. The predicted molar refractivity (Wildman–Crippen MR) is 90.9 cm³/mol. The fraction of sp³-hybridized carbons (Fsp3) is 0.235. The van der Waals surface area contributed by atoms with E-state index in [9.17, 15) is 4.79 Å². The van der Waals surface area contributed by atoms with Crippen molar-refractivity contribution >= 4 is 39.1 Å². The van der Waals surface area contributed by atoms with E-state index in [-0.39, 0.29) is 5.78 Å². The Balaban J connectivity index is 1.52. The SMILES string of the molecule is O=C(CSc1ncnc2ccsc12)c1ccc2c(c1)CCC2. The zero-order valence-corrected chi connectivity index (χ0v) is 13.5. The Labute approximate surface area is 136 Å². The number of Topliss-reactive ketones (excluding diaryl/α,β-unsaturated/α-hetero) is 1. The van der Waals surface area contributed by atoms with Crippen LogP contribution >= 0.6 is 23.1 Å². The van der Waals surface area contributed by atoms with Crippen molar-refractivity contribution in [1.82, 2.24) is 9.97 Å². The molecule has 22 heavy (non-hydrogen) atoms. The zero-order chi connectivity index (χ0) is 14.9. The summed E-state index contributed by atoms with van der Waals surface area (Å²) >= 11 is 3.12. The lowest BCUT2D eigenvalue weighted by Gasteiger charge is -2.05. The van der Waals surface area contributed by atoms with Crippen molar-refractivity contribution in [2.24, 2.45) is 0 Å². The summed E-state index contributed by atoms with van der Waals surface area (Å²) in [5.74, 6) is 0.589. The number of hydrogen-bond acceptors (Lipinski definition) is 5. The Morgan fingerprint density at radius 1 is 1.18 bits per heavy atom. The van der Waals surface area contributed by atoms with Crippen LogP contribution in [0.3, 0.4) is 0 Å². The Hall–Kier alpha value is -1.72. The van der Waals surface area contributed by atoms with Crippen molar-refractivity contribution in [3.63, 3.8) is 0 Å². The van der Waals surface area contributed by atoms with Gasteiger partial charge in [-0.25, -0.2) is 9.97 Å². The van der Waals surface area contributed by atoms with Gasteiger partial charge in [0.1, 0.15) is 11.4 Å². The number of benzene rings is 1. The van der Waals surface area contributed by atoms with Crippen molar-refractivity contribution < 1.29 is 4.79 Å². The molecule has 1 aromatic carbocycles. The van der Waals surface area contributed by atoms with Gasteiger partial charge in [0.05, 0.1) is 16.0 Å². The quantitative estimate of drug-likeness (QED) is 0.410. The number of carbonyl (C=O) groups is 1. The van der Waals surface area contributed by atoms with Gasteiger partial charge in [-0.1, -0.05) is 23.9 Å². The number of aromatic nitrogens is 2. The predicted octanol–water partition coefficient (Wildman–Crippen LogP) is 4.16. The smallest absolute Gasteiger partial charge is 0.173 e. The van der Waals surface area contributed by atoms with E-state index < -0.39 is 0 Å². The van der Waals surface area contributed by atoms with Crippen LogP contribution in [0.25, 0.3) is 10.2 Å². The summed E-state index contributed by atoms with van der Waals surface area (Å²) in [6.07, 6.45) is 5.03. The Kier molecular flexibility index (Phi) is 3.68. The number of fused-ring (bicyclic) bond motifs is 2. The van der Waals surface area contributed by atoms with Crippen LogP contribution in [0, 0.1) is 0 Å². The molecule has 2 heterocycles. The summed E-state index contributed by atoms with van der Waals surface area (Å²) in [4.78, 5) is 21.0. The van der Waals surface area contributed by atoms with Crippen molar-refractivity contribution in [2.75, 3.05) is 5.75 Å². The van der Waals surface area contributed by atoms with E-state index in [4.69, 9.17) is 0 Å². The number of rotatable bonds is 4. The van der Waals surface area contributed by atoms with Gasteiger partial charge < -0.3 is 0 Å². The van der Waals surface area contributed by atoms with E-state index in [1.165, 1.54) is 29.3 Å². The average Bonchev–Trinajstić information content (AvgIpc) is 3.20. The number of hydrogen-bond donors (Lipinski definition) is 0. The molecular weight excluding hydrogens is 312 g/mol. The van der Waals surface area contributed by atoms with E-state index in [0.717, 1.165) is 33.6 Å². The van der Waals surface area contributed by atoms with Gasteiger partial charge in [-0.15, -0.1) is 11.3 Å². The first kappa shape index (κ1) is 13.9. The van der Waals surface area contributed by atoms with Crippen LogP contribution in [0.15, 0.2) is 41.0 Å². The molecule has 0 amide bonds. The number of ketones is 1. The molecule has 4 rings (SSSR count). The number of aryl methyl sites for hydroxylation is 2. The Morgan fingerprint density at radius 3 is 3.05 bits per heavy atom. The second-order valence-electron chi connectivity index (χ2n) is 5.36. The average molecular weight is 326 g/mol. The highest BCUT2D eigenvalue weighted by Crippen LogP contribution is 2.29. The first-order valence-electron chi connectivity index (χ1n) is 7.27. The first-order chi connectivity index (χ1) is 10.8. The topological polar surface area (TPSA) is 42.9 Å². The van der Waals surface area contributed by atoms with Crippen molar-refractivity contribution in [3.8, 4) is 0 Å². The molecule has 1 aliphatic carbocycles. The molecule has 0 saturated heterocycles. The summed E-state index contributed by atoms with van der Waals surface area (Å²) in [6, 6.07) is 8.14. The molecule has 0 spiro atoms. The third kappa shape index (κ3) is 2.55. The third-order valence-corrected chi connectivity index (χ3v) is 6.00. The van der Waals surface area contributed by atoms with Crippen molar-refractivity contribution in [3.05, 3.63) is 52.7 Å². The van der Waals surface area contributed by atoms with E-state index in [1.54, 1.807) is 17.7 Å². The van der Waals surface area contributed by atoms with E-state index in [0.29, 0.717) is 5.75 Å². The molecule has 5 heteroatoms. The summed E-state index contributed by atoms with van der Waals surface area (Å²) in [6.45, 7) is 0. The number of thioether (sulfide) groups is 1. The highest BCUT2D eigenvalue weighted by molar-refractivity contribution is 8.00. The second kappa shape index (κ2) is 5.82. The van der Waals surface area contributed by atoms with Crippen LogP contribution in [0.1, 0.15) is 27.9 Å². The van der Waals surface area contributed by atoms with Crippen molar-refractivity contribution in [1.29, 1.82) is 0 Å². The second-order valence-corrected chi connectivity index (χ2v) is 7.24. The highest BCUT2D eigenvalue weighted by Gasteiger charge is 2.15. The lowest BCUT2D eigenvalue weighted by molar-refractivity contribution is 0.102. The minimum absolute atomic E-state index is 0.169. The highest BCUT2D eigenvalue weighted by atomic mass is 32.2. The minimum Gasteiger partial charge on any atom is -0.293 e. The maximum Gasteiger partial charge on any atom is 0.173 e. The van der Waals surface area contributed by atoms with Gasteiger partial charge in [0.15, 0.2) is 5.78 Å². The van der Waals surface area contributed by atoms with Gasteiger partial charge in [0.2, 0.25) is 0 Å². The molecule has 110 valence electrons. The molecule has 3 aromatic rings. The summed E-state index contributed by atoms with van der Waals surface area (Å²) < 4.78 is 1.06. The first-order valence-corrected chi connectivity index (χ1v) is 9.14. The van der Waals surface area contributed by atoms with E-state index in [2.05, 4.69) is 22.1 Å². The van der Waals surface area contributed by atoms with Gasteiger partial charge in [0.25, 0.3) is 0 Å². The monoisotopic (exact) mass is 326 g/mol. The Bertz CT molecular complexity index is 857. The normalized spacial score (nSPS) is 13.5. The molecule has 0 fully saturated rings. The fourth-order valence-electron chi connectivity index (χ4n) is 2.83. The summed E-state index contributed by atoms with van der Waals surface area (Å²) in [5.41, 5.74) is 4.52. The summed E-state index contributed by atoms with van der Waals surface area (Å²) in [5, 5.41) is 2.90. The lowest BCUT2D eigenvalue weighted by Crippen LogP contribution is -2.03. The standard InChI is InChI=1S/C17H14N2OS2/c20-15(13-5-4-11-2-1-3-12(11)8-13)9-22-17-16-14(6-7-21-16)18-10-19-17/h4-8,10H,1-3,9H2. The van der Waals surface area contributed by atoms with Gasteiger partial charge in [-0.05, 0) is 47.9 Å². The molecule has 0 saturated carbocycles. The van der Waals surface area contributed by atoms with Gasteiger partial charge in [-0.2, -0.15) is 0 Å². The van der Waals surface area contributed by atoms with Crippen LogP contribution in [0.2, 0.25) is 0 Å². The molecule has 3 nitrogen and oxygen atoms in total. The molecular formula is C17H14N2OS2. The van der Waals surface area contributed by atoms with Crippen LogP contribution in [-0.2, 0) is 12.8 Å². The van der Waals surface area contributed by atoms with Crippen molar-refractivity contribution in [2.45, 2.75) is 24.3 Å². The number of thiophene rings is 1. The minimum atomic E-state index is 0.169. The molecule has 0 unspecified atom stereocenters. The van der Waals surface area contributed by atoms with Gasteiger partial charge in [0, 0.05) is 5.56 Å². The number of carbonyl (C=O) groups excluding carboxylic acids is 1. The lowest BCUT2D eigenvalue weighted by atomic mass is 10.0. The fourth-order valence-corrected chi connectivity index (χ4v) is 4.67. The molecule has 0 aliphatic heterocycles. The van der Waals surface area contributed by atoms with Crippen LogP contribution in [0.4, 0.5) is 0 Å². The van der Waals surface area contributed by atoms with Gasteiger partial charge in [-0.3, -0.25) is 4.79 Å². The van der Waals surface area contributed by atoms with Crippen LogP contribution in [0.5, 0.6) is 0 Å². The number of nitrogens with zero attached hydrogens (tertiary/aromatic N) is 2. The third-order valence-electron chi connectivity index (χ3n) is 3.97. The van der Waals surface area contributed by atoms with E-state index >= 15 is 0 Å². The van der Waals surface area contributed by atoms with Crippen LogP contribution < -0.4 is 0 Å². The van der Waals surface area contributed by atoms with Gasteiger partial charge >= 0.3 is 0 Å².